The van der Waals surface area contributed by atoms with Crippen molar-refractivity contribution in [3.63, 3.8) is 0 Å². The molecule has 0 fully saturated rings. The summed E-state index contributed by atoms with van der Waals surface area (Å²) >= 11 is 12.6. The summed E-state index contributed by atoms with van der Waals surface area (Å²) in [6, 6.07) is 3.90. The predicted octanol–water partition coefficient (Wildman–Crippen LogP) is 4.60. The van der Waals surface area contributed by atoms with Crippen molar-refractivity contribution in [2.24, 2.45) is 5.41 Å². The average Bonchev–Trinajstić information content (AvgIpc) is 2.61. The van der Waals surface area contributed by atoms with E-state index in [2.05, 4.69) is 20.8 Å². The highest BCUT2D eigenvalue weighted by molar-refractivity contribution is 6.31. The van der Waals surface area contributed by atoms with E-state index in [1.165, 1.54) is 5.56 Å². The molecule has 0 N–H and O–H groups in total. The Morgan fingerprint density at radius 3 is 2.62 bits per heavy atom. The fraction of sp³-hybridized carbons (Fsp3) is 0.538. The van der Waals surface area contributed by atoms with E-state index in [1.807, 2.05) is 12.1 Å². The van der Waals surface area contributed by atoms with E-state index >= 15 is 0 Å². The maximum Gasteiger partial charge on any atom is 0.127 e. The lowest BCUT2D eigenvalue weighted by Gasteiger charge is -2.26. The molecule has 1 aromatic carbocycles. The fourth-order valence-corrected chi connectivity index (χ4v) is 2.36. The van der Waals surface area contributed by atoms with E-state index in [-0.39, 0.29) is 10.8 Å². The van der Waals surface area contributed by atoms with Gasteiger partial charge in [0.1, 0.15) is 5.75 Å². The van der Waals surface area contributed by atoms with Crippen LogP contribution in [0.4, 0.5) is 0 Å². The standard InChI is InChI=1S/C13H16Cl2O/c1-13(2,3)12(15)10-7-9(14)6-8-4-5-16-11(8)10/h6-7,12H,4-5H2,1-3H3. The summed E-state index contributed by atoms with van der Waals surface area (Å²) in [5.41, 5.74) is 2.19. The van der Waals surface area contributed by atoms with Crippen LogP contribution in [0, 0.1) is 5.41 Å². The Labute approximate surface area is 107 Å². The molecule has 1 atom stereocenters. The summed E-state index contributed by atoms with van der Waals surface area (Å²) in [5, 5.41) is 0.659. The van der Waals surface area contributed by atoms with E-state index in [0.717, 1.165) is 29.4 Å². The first-order valence-electron chi connectivity index (χ1n) is 5.49. The number of hydrogen-bond donors (Lipinski definition) is 0. The van der Waals surface area contributed by atoms with E-state index in [0.29, 0.717) is 0 Å². The smallest absolute Gasteiger partial charge is 0.127 e. The number of fused-ring (bicyclic) bond motifs is 1. The summed E-state index contributed by atoms with van der Waals surface area (Å²) in [4.78, 5) is 0. The summed E-state index contributed by atoms with van der Waals surface area (Å²) in [6.07, 6.45) is 0.927. The van der Waals surface area contributed by atoms with Gasteiger partial charge < -0.3 is 4.74 Å². The van der Waals surface area contributed by atoms with Crippen molar-refractivity contribution >= 4 is 23.2 Å². The lowest BCUT2D eigenvalue weighted by Crippen LogP contribution is -2.14. The SMILES string of the molecule is CC(C)(C)C(Cl)c1cc(Cl)cc2c1OCC2. The molecule has 0 bridgehead atoms. The van der Waals surface area contributed by atoms with Crippen LogP contribution in [-0.2, 0) is 6.42 Å². The summed E-state index contributed by atoms with van der Waals surface area (Å²) in [7, 11) is 0. The van der Waals surface area contributed by atoms with Gasteiger partial charge in [-0.25, -0.2) is 0 Å². The topological polar surface area (TPSA) is 9.23 Å². The third kappa shape index (κ3) is 2.16. The Hall–Kier alpha value is -0.400. The Balaban J connectivity index is 2.49. The normalized spacial score (nSPS) is 16.8. The molecule has 0 spiro atoms. The summed E-state index contributed by atoms with van der Waals surface area (Å²) in [5.74, 6) is 0.944. The summed E-state index contributed by atoms with van der Waals surface area (Å²) in [6.45, 7) is 7.09. The van der Waals surface area contributed by atoms with Crippen LogP contribution in [-0.4, -0.2) is 6.61 Å². The van der Waals surface area contributed by atoms with Crippen molar-refractivity contribution in [3.8, 4) is 5.75 Å². The maximum atomic E-state index is 6.50. The van der Waals surface area contributed by atoms with Crippen LogP contribution in [0.5, 0.6) is 5.75 Å². The van der Waals surface area contributed by atoms with Gasteiger partial charge in [-0.3, -0.25) is 0 Å². The second kappa shape index (κ2) is 4.12. The molecule has 0 radical (unpaired) electrons. The van der Waals surface area contributed by atoms with E-state index in [9.17, 15) is 0 Å². The van der Waals surface area contributed by atoms with Gasteiger partial charge in [-0.2, -0.15) is 0 Å². The maximum absolute atomic E-state index is 6.50. The second-order valence-electron chi connectivity index (χ2n) is 5.31. The molecule has 1 nitrogen and oxygen atoms in total. The average molecular weight is 259 g/mol. The summed E-state index contributed by atoms with van der Waals surface area (Å²) < 4.78 is 5.66. The molecule has 3 heteroatoms. The molecular weight excluding hydrogens is 243 g/mol. The predicted molar refractivity (Wildman–Crippen MR) is 68.7 cm³/mol. The van der Waals surface area contributed by atoms with Crippen LogP contribution < -0.4 is 4.74 Å². The lowest BCUT2D eigenvalue weighted by atomic mass is 9.86. The van der Waals surface area contributed by atoms with E-state index in [4.69, 9.17) is 27.9 Å². The molecular formula is C13H16Cl2O. The molecule has 1 aliphatic heterocycles. The van der Waals surface area contributed by atoms with Crippen LogP contribution >= 0.6 is 23.2 Å². The van der Waals surface area contributed by atoms with Crippen LogP contribution in [0.1, 0.15) is 37.3 Å². The molecule has 1 aliphatic rings. The molecule has 2 rings (SSSR count). The van der Waals surface area contributed by atoms with Gasteiger partial charge in [-0.1, -0.05) is 32.4 Å². The van der Waals surface area contributed by atoms with E-state index in [1.54, 1.807) is 0 Å². The molecule has 88 valence electrons. The van der Waals surface area contributed by atoms with Crippen LogP contribution in [0.15, 0.2) is 12.1 Å². The highest BCUT2D eigenvalue weighted by atomic mass is 35.5. The van der Waals surface area contributed by atoms with Gasteiger partial charge in [0, 0.05) is 17.0 Å². The van der Waals surface area contributed by atoms with Crippen molar-refractivity contribution < 1.29 is 4.74 Å². The quantitative estimate of drug-likeness (QED) is 0.669. The molecule has 1 heterocycles. The zero-order chi connectivity index (χ0) is 11.9. The van der Waals surface area contributed by atoms with Crippen molar-refractivity contribution in [2.75, 3.05) is 6.61 Å². The lowest BCUT2D eigenvalue weighted by molar-refractivity contribution is 0.339. The molecule has 16 heavy (non-hydrogen) atoms. The number of rotatable bonds is 1. The van der Waals surface area contributed by atoms with Crippen LogP contribution in [0.25, 0.3) is 0 Å². The van der Waals surface area contributed by atoms with Crippen molar-refractivity contribution in [1.82, 2.24) is 0 Å². The molecule has 1 aromatic rings. The second-order valence-corrected chi connectivity index (χ2v) is 6.18. The minimum Gasteiger partial charge on any atom is -0.493 e. The van der Waals surface area contributed by atoms with Crippen molar-refractivity contribution in [3.05, 3.63) is 28.3 Å². The number of alkyl halides is 1. The Kier molecular flexibility index (Phi) is 3.11. The molecule has 0 saturated carbocycles. The van der Waals surface area contributed by atoms with Gasteiger partial charge in [0.2, 0.25) is 0 Å². The van der Waals surface area contributed by atoms with Gasteiger partial charge >= 0.3 is 0 Å². The zero-order valence-electron chi connectivity index (χ0n) is 9.81. The zero-order valence-corrected chi connectivity index (χ0v) is 11.3. The Morgan fingerprint density at radius 2 is 2.00 bits per heavy atom. The molecule has 0 aromatic heterocycles. The Morgan fingerprint density at radius 1 is 1.31 bits per heavy atom. The monoisotopic (exact) mass is 258 g/mol. The first kappa shape index (κ1) is 12.1. The minimum absolute atomic E-state index is 0.00798. The molecule has 0 amide bonds. The van der Waals surface area contributed by atoms with Crippen LogP contribution in [0.3, 0.4) is 0 Å². The van der Waals surface area contributed by atoms with Crippen LogP contribution in [0.2, 0.25) is 5.02 Å². The van der Waals surface area contributed by atoms with Gasteiger partial charge in [0.25, 0.3) is 0 Å². The minimum atomic E-state index is -0.0851. The number of ether oxygens (including phenoxy) is 1. The largest absolute Gasteiger partial charge is 0.493 e. The number of benzene rings is 1. The molecule has 0 saturated heterocycles. The number of hydrogen-bond acceptors (Lipinski definition) is 1. The number of halogens is 2. The van der Waals surface area contributed by atoms with Gasteiger partial charge in [0.15, 0.2) is 0 Å². The third-order valence-corrected chi connectivity index (χ3v) is 3.92. The van der Waals surface area contributed by atoms with Crippen molar-refractivity contribution in [2.45, 2.75) is 32.6 Å². The molecule has 0 aliphatic carbocycles. The Bertz CT molecular complexity index is 407. The highest BCUT2D eigenvalue weighted by Gasteiger charge is 2.29. The first-order chi connectivity index (χ1) is 7.39. The van der Waals surface area contributed by atoms with Crippen molar-refractivity contribution in [1.29, 1.82) is 0 Å². The van der Waals surface area contributed by atoms with E-state index < -0.39 is 0 Å². The van der Waals surface area contributed by atoms with Gasteiger partial charge in [-0.15, -0.1) is 11.6 Å². The fourth-order valence-electron chi connectivity index (χ4n) is 1.95. The molecule has 1 unspecified atom stereocenters. The third-order valence-electron chi connectivity index (χ3n) is 2.81. The van der Waals surface area contributed by atoms with Gasteiger partial charge in [0.05, 0.1) is 12.0 Å². The first-order valence-corrected chi connectivity index (χ1v) is 6.30. The van der Waals surface area contributed by atoms with Gasteiger partial charge in [-0.05, 0) is 23.1 Å². The highest BCUT2D eigenvalue weighted by Crippen LogP contribution is 2.46.